The zero-order valence-electron chi connectivity index (χ0n) is 11.9. The van der Waals surface area contributed by atoms with E-state index in [4.69, 9.17) is 0 Å². The Morgan fingerprint density at radius 1 is 1.21 bits per heavy atom. The molecule has 0 aromatic heterocycles. The summed E-state index contributed by atoms with van der Waals surface area (Å²) < 4.78 is 0. The lowest BCUT2D eigenvalue weighted by atomic mass is 9.91. The van der Waals surface area contributed by atoms with Gasteiger partial charge < -0.3 is 10.0 Å². The molecular formula is C15H26N2O2. The van der Waals surface area contributed by atoms with Crippen LogP contribution >= 0.6 is 0 Å². The van der Waals surface area contributed by atoms with E-state index in [0.29, 0.717) is 24.5 Å². The van der Waals surface area contributed by atoms with Gasteiger partial charge in [-0.1, -0.05) is 12.8 Å². The van der Waals surface area contributed by atoms with Gasteiger partial charge >= 0.3 is 5.97 Å². The van der Waals surface area contributed by atoms with E-state index >= 15 is 0 Å². The minimum atomic E-state index is -0.682. The third-order valence-electron chi connectivity index (χ3n) is 5.14. The van der Waals surface area contributed by atoms with E-state index in [1.165, 1.54) is 25.7 Å². The molecule has 0 heterocycles. The van der Waals surface area contributed by atoms with Gasteiger partial charge in [-0.15, -0.1) is 0 Å². The predicted molar refractivity (Wildman–Crippen MR) is 74.1 cm³/mol. The molecule has 0 bridgehead atoms. The molecule has 4 heteroatoms. The van der Waals surface area contributed by atoms with Gasteiger partial charge in [-0.25, -0.2) is 0 Å². The Kier molecular flexibility index (Phi) is 3.56. The van der Waals surface area contributed by atoms with Crippen molar-refractivity contribution in [2.24, 2.45) is 5.92 Å². The summed E-state index contributed by atoms with van der Waals surface area (Å²) in [5, 5.41) is 13.3. The van der Waals surface area contributed by atoms with Crippen LogP contribution in [0.3, 0.4) is 0 Å². The van der Waals surface area contributed by atoms with Crippen LogP contribution in [0.2, 0.25) is 0 Å². The van der Waals surface area contributed by atoms with Crippen molar-refractivity contribution in [3.05, 3.63) is 0 Å². The maximum Gasteiger partial charge on any atom is 0.325 e. The molecular weight excluding hydrogens is 240 g/mol. The second-order valence-electron chi connectivity index (χ2n) is 6.82. The molecule has 3 aliphatic rings. The summed E-state index contributed by atoms with van der Waals surface area (Å²) >= 11 is 0. The Morgan fingerprint density at radius 3 is 2.32 bits per heavy atom. The second kappa shape index (κ2) is 5.06. The van der Waals surface area contributed by atoms with Crippen molar-refractivity contribution in [2.75, 3.05) is 13.6 Å². The van der Waals surface area contributed by atoms with Crippen LogP contribution in [0.5, 0.6) is 0 Å². The molecule has 19 heavy (non-hydrogen) atoms. The molecule has 0 radical (unpaired) electrons. The number of hydrogen-bond donors (Lipinski definition) is 2. The molecule has 0 aliphatic heterocycles. The van der Waals surface area contributed by atoms with Gasteiger partial charge in [0, 0.05) is 18.6 Å². The highest BCUT2D eigenvalue weighted by molar-refractivity contribution is 5.80. The molecule has 0 aromatic carbocycles. The zero-order chi connectivity index (χ0) is 13.5. The minimum Gasteiger partial charge on any atom is -0.480 e. The molecule has 3 fully saturated rings. The van der Waals surface area contributed by atoms with Crippen LogP contribution in [-0.4, -0.2) is 47.2 Å². The van der Waals surface area contributed by atoms with Crippen LogP contribution < -0.4 is 5.32 Å². The Balaban J connectivity index is 1.71. The van der Waals surface area contributed by atoms with Crippen molar-refractivity contribution in [3.63, 3.8) is 0 Å². The van der Waals surface area contributed by atoms with Crippen molar-refractivity contribution in [2.45, 2.75) is 69.0 Å². The normalized spacial score (nSPS) is 27.7. The number of likely N-dealkylation sites (N-methyl/N-ethyl adjacent to an activating group) is 1. The van der Waals surface area contributed by atoms with Gasteiger partial charge in [0.05, 0.1) is 0 Å². The smallest absolute Gasteiger partial charge is 0.325 e. The lowest BCUT2D eigenvalue weighted by molar-refractivity contribution is -0.147. The third-order valence-corrected chi connectivity index (χ3v) is 5.14. The van der Waals surface area contributed by atoms with Crippen molar-refractivity contribution < 1.29 is 9.90 Å². The monoisotopic (exact) mass is 266 g/mol. The largest absolute Gasteiger partial charge is 0.480 e. The lowest BCUT2D eigenvalue weighted by Gasteiger charge is -2.37. The first kappa shape index (κ1) is 13.4. The molecule has 3 rings (SSSR count). The standard InChI is InChI=1S/C15H26N2O2/c1-17(13-4-2-3-5-13)10-15(14(18)19,11-6-7-11)16-12-8-9-12/h11-13,16H,2-10H2,1H3,(H,18,19). The fourth-order valence-electron chi connectivity index (χ4n) is 3.63. The Morgan fingerprint density at radius 2 is 1.84 bits per heavy atom. The first-order valence-corrected chi connectivity index (χ1v) is 7.83. The fraction of sp³-hybridized carbons (Fsp3) is 0.933. The van der Waals surface area contributed by atoms with Crippen LogP contribution in [0.25, 0.3) is 0 Å². The fourth-order valence-corrected chi connectivity index (χ4v) is 3.63. The van der Waals surface area contributed by atoms with Crippen molar-refractivity contribution in [1.82, 2.24) is 10.2 Å². The van der Waals surface area contributed by atoms with E-state index in [2.05, 4.69) is 17.3 Å². The Bertz CT molecular complexity index is 346. The maximum atomic E-state index is 11.9. The van der Waals surface area contributed by atoms with Crippen LogP contribution in [0.4, 0.5) is 0 Å². The van der Waals surface area contributed by atoms with E-state index in [1.54, 1.807) is 0 Å². The van der Waals surface area contributed by atoms with Gasteiger partial charge in [0.2, 0.25) is 0 Å². The Labute approximate surface area is 115 Å². The minimum absolute atomic E-state index is 0.342. The average molecular weight is 266 g/mol. The molecule has 0 spiro atoms. The van der Waals surface area contributed by atoms with Gasteiger partial charge in [-0.2, -0.15) is 0 Å². The highest BCUT2D eigenvalue weighted by atomic mass is 16.4. The van der Waals surface area contributed by atoms with Gasteiger partial charge in [0.15, 0.2) is 0 Å². The van der Waals surface area contributed by atoms with Gasteiger partial charge in [0.25, 0.3) is 0 Å². The number of hydrogen-bond acceptors (Lipinski definition) is 3. The number of aliphatic carboxylic acids is 1. The predicted octanol–water partition coefficient (Wildman–Crippen LogP) is 1.85. The van der Waals surface area contributed by atoms with E-state index in [9.17, 15) is 9.90 Å². The number of carboxylic acid groups (broad SMARTS) is 1. The topological polar surface area (TPSA) is 52.6 Å². The summed E-state index contributed by atoms with van der Waals surface area (Å²) in [6.45, 7) is 0.675. The summed E-state index contributed by atoms with van der Waals surface area (Å²) in [4.78, 5) is 14.2. The summed E-state index contributed by atoms with van der Waals surface area (Å²) in [5.41, 5.74) is -0.682. The van der Waals surface area contributed by atoms with E-state index < -0.39 is 11.5 Å². The molecule has 0 saturated heterocycles. The SMILES string of the molecule is CN(CC(NC1CC1)(C(=O)O)C1CC1)C1CCCC1. The average Bonchev–Trinajstić information content (AvgIpc) is 3.28. The Hall–Kier alpha value is -0.610. The molecule has 3 saturated carbocycles. The highest BCUT2D eigenvalue weighted by Crippen LogP contribution is 2.42. The van der Waals surface area contributed by atoms with Crippen LogP contribution in [0.15, 0.2) is 0 Å². The number of nitrogens with zero attached hydrogens (tertiary/aromatic N) is 1. The lowest BCUT2D eigenvalue weighted by Crippen LogP contribution is -2.61. The molecule has 2 N–H and O–H groups in total. The number of carboxylic acids is 1. The number of nitrogens with one attached hydrogen (secondary N) is 1. The second-order valence-corrected chi connectivity index (χ2v) is 6.82. The first-order chi connectivity index (χ1) is 9.12. The van der Waals surface area contributed by atoms with Gasteiger partial charge in [-0.05, 0) is 51.5 Å². The summed E-state index contributed by atoms with van der Waals surface area (Å²) in [6, 6.07) is 1.05. The zero-order valence-corrected chi connectivity index (χ0v) is 11.9. The van der Waals surface area contributed by atoms with Crippen LogP contribution in [0, 0.1) is 5.92 Å². The van der Waals surface area contributed by atoms with Gasteiger partial charge in [-0.3, -0.25) is 10.1 Å². The molecule has 0 amide bonds. The van der Waals surface area contributed by atoms with E-state index in [-0.39, 0.29) is 0 Å². The number of carbonyl (C=O) groups is 1. The van der Waals surface area contributed by atoms with Crippen molar-refractivity contribution >= 4 is 5.97 Å². The van der Waals surface area contributed by atoms with Crippen molar-refractivity contribution in [3.8, 4) is 0 Å². The van der Waals surface area contributed by atoms with Crippen LogP contribution in [-0.2, 0) is 4.79 Å². The molecule has 0 aromatic rings. The summed E-state index contributed by atoms with van der Waals surface area (Å²) in [7, 11) is 2.12. The molecule has 1 atom stereocenters. The quantitative estimate of drug-likeness (QED) is 0.738. The third kappa shape index (κ3) is 2.79. The van der Waals surface area contributed by atoms with Crippen LogP contribution in [0.1, 0.15) is 51.4 Å². The number of rotatable bonds is 7. The molecule has 4 nitrogen and oxygen atoms in total. The maximum absolute atomic E-state index is 11.9. The molecule has 1 unspecified atom stereocenters. The summed E-state index contributed by atoms with van der Waals surface area (Å²) in [5.74, 6) is -0.291. The highest BCUT2D eigenvalue weighted by Gasteiger charge is 2.54. The molecule has 108 valence electrons. The molecule has 3 aliphatic carbocycles. The van der Waals surface area contributed by atoms with Crippen molar-refractivity contribution in [1.29, 1.82) is 0 Å². The van der Waals surface area contributed by atoms with E-state index in [1.807, 2.05) is 0 Å². The van der Waals surface area contributed by atoms with E-state index in [0.717, 1.165) is 25.7 Å². The summed E-state index contributed by atoms with van der Waals surface area (Å²) in [6.07, 6.45) is 9.52. The van der Waals surface area contributed by atoms with Gasteiger partial charge in [0.1, 0.15) is 5.54 Å². The first-order valence-electron chi connectivity index (χ1n) is 7.83.